The molecule has 0 amide bonds. The number of carbonyl (C=O) groups is 3. The van der Waals surface area contributed by atoms with E-state index in [1.54, 1.807) is 149 Å². The normalized spacial score (nSPS) is 18.7. The van der Waals surface area contributed by atoms with E-state index in [0.29, 0.717) is 73.7 Å². The summed E-state index contributed by atoms with van der Waals surface area (Å²) >= 11 is 11.3. The van der Waals surface area contributed by atoms with Gasteiger partial charge in [0.2, 0.25) is 5.56 Å². The zero-order valence-corrected chi connectivity index (χ0v) is 58.7. The first-order chi connectivity index (χ1) is 51.2. The number of halogens is 7. The summed E-state index contributed by atoms with van der Waals surface area (Å²) in [7, 11) is 1.34. The predicted molar refractivity (Wildman–Crippen MR) is 389 cm³/mol. The van der Waals surface area contributed by atoms with Crippen LogP contribution in [0, 0.1) is 29.1 Å². The van der Waals surface area contributed by atoms with Gasteiger partial charge in [0.05, 0.1) is 52.2 Å². The van der Waals surface area contributed by atoms with E-state index < -0.39 is 35.0 Å². The number of pyridine rings is 4. The topological polar surface area (TPSA) is 207 Å². The van der Waals surface area contributed by atoms with E-state index in [9.17, 15) is 50.7 Å². The van der Waals surface area contributed by atoms with Crippen LogP contribution in [0.15, 0.2) is 258 Å². The molecule has 4 aliphatic rings. The number of aromatic amines is 1. The van der Waals surface area contributed by atoms with Gasteiger partial charge in [-0.25, -0.2) is 31.7 Å². The number of esters is 1. The standard InChI is InChI=1S/2C23H20FNO4.C14H11ClFNO.C14H12FNO2.C9H8ClFO/c1-28-22(27)17-4-2-16(3-5-17)15-25-12-10-19(14-21(25)26)23(11-13-29-23)18-6-8-20(24)9-7-18;24-20-7-5-18(6-8-20)23(10-12-29-23)19-9-11-25(22(28)13-19)14-16-1-3-17(4-2-16)21(27)15-26;15-13-9-11(5-7-17-13)14(6-8-18-14)10-1-3-12(16)4-2-10;15-12-3-1-10(2-4-12)14(6-8-18-14)11-5-7-16-13(17)9-11;10-6-5-9(12)7-1-3-8(11)4-2-7/h2-10,12,14H,11,13,15H2,1H3;1-9,11,13,26H,10,12,14-15H2;1-5,7,9H,6,8H2;1-5,7,9H,6,8H2,(H,16,17);1-4H,5-6H2. The minimum Gasteiger partial charge on any atom is -0.465 e. The van der Waals surface area contributed by atoms with E-state index in [0.717, 1.165) is 81.3 Å². The zero-order valence-electron chi connectivity index (χ0n) is 57.2. The van der Waals surface area contributed by atoms with Gasteiger partial charge < -0.3 is 42.9 Å². The molecule has 4 aromatic heterocycles. The molecule has 0 aliphatic carbocycles. The molecule has 8 heterocycles. The number of rotatable bonds is 18. The van der Waals surface area contributed by atoms with Crippen LogP contribution in [0.1, 0.15) is 119 Å². The molecule has 4 saturated heterocycles. The van der Waals surface area contributed by atoms with Crippen LogP contribution in [0.5, 0.6) is 0 Å². The maximum atomic E-state index is 13.3. The SMILES string of the molecule is COC(=O)c1ccc(Cn2ccc(C3(c4ccc(F)cc4)CCO3)cc2=O)cc1.Fc1ccc(C2(c3ccnc(Cl)c3)CCO2)cc1.O=C(CCCl)c1ccc(F)cc1.O=C(CO)c1ccc(Cn2ccc(C3(c4ccc(F)cc4)CCO3)cc2=O)cc1.O=c1cc(C2(c3ccc(F)cc3)CCO2)cc[nH]1. The lowest BCUT2D eigenvalue weighted by Gasteiger charge is -2.42. The molecule has 0 saturated carbocycles. The number of aromatic nitrogens is 4. The first-order valence-electron chi connectivity index (χ1n) is 33.8. The number of benzene rings is 7. The van der Waals surface area contributed by atoms with E-state index in [1.165, 1.54) is 86.0 Å². The maximum Gasteiger partial charge on any atom is 0.337 e. The van der Waals surface area contributed by atoms with Crippen LogP contribution in [0.2, 0.25) is 5.15 Å². The molecule has 2 N–H and O–H groups in total. The highest BCUT2D eigenvalue weighted by Gasteiger charge is 2.45. The highest BCUT2D eigenvalue weighted by molar-refractivity contribution is 6.29. The van der Waals surface area contributed by atoms with Crippen LogP contribution >= 0.6 is 23.2 Å². The van der Waals surface area contributed by atoms with Crippen molar-refractivity contribution in [2.75, 3.05) is 46.0 Å². The van der Waals surface area contributed by atoms with Crippen LogP contribution in [-0.2, 0) is 59.2 Å². The molecule has 0 bridgehead atoms. The summed E-state index contributed by atoms with van der Waals surface area (Å²) in [5.74, 6) is -1.98. The third kappa shape index (κ3) is 17.7. The summed E-state index contributed by atoms with van der Waals surface area (Å²) in [5.41, 5.74) is 6.92. The summed E-state index contributed by atoms with van der Waals surface area (Å²) in [6.07, 6.45) is 10.1. The second-order valence-electron chi connectivity index (χ2n) is 25.1. The monoisotopic (exact) mass is 1480 g/mol. The number of aliphatic hydroxyl groups excluding tert-OH is 1. The Labute approximate surface area is 616 Å². The lowest BCUT2D eigenvalue weighted by atomic mass is 9.80. The number of nitrogens with one attached hydrogen (secondary N) is 1. The summed E-state index contributed by atoms with van der Waals surface area (Å²) in [6.45, 7) is 2.72. The number of methoxy groups -OCH3 is 1. The highest BCUT2D eigenvalue weighted by Crippen LogP contribution is 2.47. The fourth-order valence-electron chi connectivity index (χ4n) is 12.7. The third-order valence-electron chi connectivity index (χ3n) is 18.8. The first-order valence-corrected chi connectivity index (χ1v) is 34.7. The molecule has 23 heteroatoms. The molecule has 16 nitrogen and oxygen atoms in total. The molecular weight excluding hydrogens is 1410 g/mol. The Bertz CT molecular complexity index is 4850. The Hall–Kier alpha value is -10.6. The van der Waals surface area contributed by atoms with Gasteiger partial charge in [0.15, 0.2) is 11.6 Å². The minimum absolute atomic E-state index is 0.0509. The smallest absolute Gasteiger partial charge is 0.337 e. The van der Waals surface area contributed by atoms with Crippen molar-refractivity contribution in [1.29, 1.82) is 0 Å². The van der Waals surface area contributed by atoms with E-state index in [2.05, 4.69) is 9.97 Å². The van der Waals surface area contributed by atoms with Gasteiger partial charge in [0.1, 0.15) is 63.3 Å². The molecule has 4 fully saturated rings. The minimum atomic E-state index is -0.710. The number of carbonyl (C=O) groups excluding carboxylic acids is 3. The second kappa shape index (κ2) is 34.5. The lowest BCUT2D eigenvalue weighted by molar-refractivity contribution is -0.124. The van der Waals surface area contributed by atoms with Crippen molar-refractivity contribution in [2.24, 2.45) is 0 Å². The quantitative estimate of drug-likeness (QED) is 0.0270. The van der Waals surface area contributed by atoms with Crippen LogP contribution in [-0.4, -0.2) is 87.8 Å². The Morgan fingerprint density at radius 3 is 1.12 bits per heavy atom. The molecule has 4 unspecified atom stereocenters. The van der Waals surface area contributed by atoms with Gasteiger partial charge in [-0.15, -0.1) is 11.6 Å². The van der Waals surface area contributed by atoms with Gasteiger partial charge in [-0.2, -0.15) is 0 Å². The number of ketones is 2. The Kier molecular flexibility index (Phi) is 24.9. The van der Waals surface area contributed by atoms with E-state index >= 15 is 0 Å². The molecule has 106 heavy (non-hydrogen) atoms. The van der Waals surface area contributed by atoms with E-state index in [1.807, 2.05) is 24.3 Å². The molecule has 4 atom stereocenters. The average Bonchev–Trinajstić information content (AvgIpc) is 0.766. The molecule has 0 radical (unpaired) electrons. The van der Waals surface area contributed by atoms with Crippen molar-refractivity contribution in [3.8, 4) is 0 Å². The fourth-order valence-corrected chi connectivity index (χ4v) is 13.1. The van der Waals surface area contributed by atoms with Crippen molar-refractivity contribution in [2.45, 2.75) is 67.6 Å². The third-order valence-corrected chi connectivity index (χ3v) is 19.2. The van der Waals surface area contributed by atoms with Crippen molar-refractivity contribution in [3.05, 3.63) is 381 Å². The van der Waals surface area contributed by atoms with Crippen LogP contribution < -0.4 is 16.7 Å². The molecule has 4 aliphatic heterocycles. The maximum absolute atomic E-state index is 13.3. The number of hydrogen-bond donors (Lipinski definition) is 2. The van der Waals surface area contributed by atoms with Gasteiger partial charge >= 0.3 is 5.97 Å². The number of alkyl halides is 1. The summed E-state index contributed by atoms with van der Waals surface area (Å²) in [6, 6.07) is 58.1. The Balaban J connectivity index is 0.000000137. The fraction of sp³-hybridized carbons (Fsp3) is 0.217. The molecule has 0 spiro atoms. The first kappa shape index (κ1) is 76.5. The van der Waals surface area contributed by atoms with Crippen molar-refractivity contribution in [3.63, 3.8) is 0 Å². The predicted octanol–water partition coefficient (Wildman–Crippen LogP) is 14.7. The van der Waals surface area contributed by atoms with Crippen LogP contribution in [0.25, 0.3) is 0 Å². The van der Waals surface area contributed by atoms with Crippen molar-refractivity contribution < 1.29 is 65.1 Å². The summed E-state index contributed by atoms with van der Waals surface area (Å²) in [5, 5.41) is 9.35. The zero-order chi connectivity index (χ0) is 75.0. The molecule has 7 aromatic carbocycles. The van der Waals surface area contributed by atoms with Gasteiger partial charge in [-0.1, -0.05) is 96.5 Å². The Morgan fingerprint density at radius 2 is 0.802 bits per heavy atom. The Morgan fingerprint density at radius 1 is 0.462 bits per heavy atom. The van der Waals surface area contributed by atoms with Crippen LogP contribution in [0.4, 0.5) is 22.0 Å². The number of ether oxygens (including phenoxy) is 5. The molecule has 11 aromatic rings. The molecule has 544 valence electrons. The van der Waals surface area contributed by atoms with Gasteiger partial charge in [-0.3, -0.25) is 24.0 Å². The van der Waals surface area contributed by atoms with Crippen LogP contribution in [0.3, 0.4) is 0 Å². The summed E-state index contributed by atoms with van der Waals surface area (Å²) < 4.78 is 96.0. The lowest BCUT2D eigenvalue weighted by Crippen LogP contribution is -2.42. The molecule has 15 rings (SSSR count). The number of Topliss-reactive ketones (excluding diaryl/α,β-unsaturated/α-hetero) is 2. The summed E-state index contributed by atoms with van der Waals surface area (Å²) in [4.78, 5) is 77.5. The number of aliphatic hydroxyl groups is 1. The largest absolute Gasteiger partial charge is 0.465 e. The average molecular weight is 1480 g/mol. The molecular formula is C83H71Cl2F5N4O12. The van der Waals surface area contributed by atoms with Gasteiger partial charge in [0, 0.05) is 92.1 Å². The number of hydrogen-bond acceptors (Lipinski definition) is 13. The van der Waals surface area contributed by atoms with Gasteiger partial charge in [0.25, 0.3) is 11.1 Å². The van der Waals surface area contributed by atoms with E-state index in [-0.39, 0.29) is 57.3 Å². The highest BCUT2D eigenvalue weighted by atomic mass is 35.5. The van der Waals surface area contributed by atoms with Crippen molar-refractivity contribution in [1.82, 2.24) is 19.1 Å². The number of nitrogens with zero attached hydrogens (tertiary/aromatic N) is 3. The van der Waals surface area contributed by atoms with Crippen molar-refractivity contribution >= 4 is 40.7 Å². The van der Waals surface area contributed by atoms with Gasteiger partial charge in [-0.05, 0) is 171 Å². The second-order valence-corrected chi connectivity index (χ2v) is 25.9. The van der Waals surface area contributed by atoms with E-state index in [4.69, 9.17) is 52.0 Å². The number of H-pyrrole nitrogens is 1.